The summed E-state index contributed by atoms with van der Waals surface area (Å²) >= 11 is 0. The van der Waals surface area contributed by atoms with E-state index in [0.717, 1.165) is 0 Å². The van der Waals surface area contributed by atoms with Crippen LogP contribution in [0.25, 0.3) is 5.82 Å². The van der Waals surface area contributed by atoms with Crippen molar-refractivity contribution in [2.24, 2.45) is 5.73 Å². The van der Waals surface area contributed by atoms with Gasteiger partial charge < -0.3 is 10.8 Å². The SMILES string of the molecule is Cc1cc(C(=O)O)cnc1-n1cc(C(N)=O)cn1. The summed E-state index contributed by atoms with van der Waals surface area (Å²) in [5, 5.41) is 12.8. The number of amides is 1. The second kappa shape index (κ2) is 4.28. The molecule has 2 rings (SSSR count). The van der Waals surface area contributed by atoms with Crippen molar-refractivity contribution in [2.75, 3.05) is 0 Å². The van der Waals surface area contributed by atoms with Gasteiger partial charge in [-0.15, -0.1) is 0 Å². The predicted octanol–water partition coefficient (Wildman–Crippen LogP) is 0.373. The molecule has 0 unspecified atom stereocenters. The second-order valence-corrected chi connectivity index (χ2v) is 3.71. The van der Waals surface area contributed by atoms with E-state index in [2.05, 4.69) is 10.1 Å². The predicted molar refractivity (Wildman–Crippen MR) is 61.6 cm³/mol. The van der Waals surface area contributed by atoms with Crippen molar-refractivity contribution in [3.05, 3.63) is 41.3 Å². The van der Waals surface area contributed by atoms with Gasteiger partial charge >= 0.3 is 5.97 Å². The number of aromatic nitrogens is 3. The van der Waals surface area contributed by atoms with E-state index in [-0.39, 0.29) is 11.1 Å². The Labute approximate surface area is 102 Å². The number of carboxylic acids is 1. The van der Waals surface area contributed by atoms with Gasteiger partial charge in [0.25, 0.3) is 5.91 Å². The van der Waals surface area contributed by atoms with Gasteiger partial charge in [0.1, 0.15) is 0 Å². The molecule has 0 aliphatic carbocycles. The van der Waals surface area contributed by atoms with Gasteiger partial charge in [0.15, 0.2) is 5.82 Å². The molecule has 0 spiro atoms. The van der Waals surface area contributed by atoms with Crippen LogP contribution in [0.1, 0.15) is 26.3 Å². The maximum atomic E-state index is 10.9. The molecule has 2 aromatic heterocycles. The highest BCUT2D eigenvalue weighted by Crippen LogP contribution is 2.12. The average molecular weight is 246 g/mol. The summed E-state index contributed by atoms with van der Waals surface area (Å²) in [6.07, 6.45) is 4.00. The standard InChI is InChI=1S/C11H10N4O3/c1-6-2-7(11(17)18)3-13-10(6)15-5-8(4-14-15)9(12)16/h2-5H,1H3,(H2,12,16)(H,17,18). The van der Waals surface area contributed by atoms with Crippen LogP contribution < -0.4 is 5.73 Å². The van der Waals surface area contributed by atoms with Crippen LogP contribution >= 0.6 is 0 Å². The zero-order valence-corrected chi connectivity index (χ0v) is 9.49. The Morgan fingerprint density at radius 1 is 1.33 bits per heavy atom. The van der Waals surface area contributed by atoms with Crippen LogP contribution in [0.5, 0.6) is 0 Å². The number of aryl methyl sites for hydroxylation is 1. The number of carboxylic acid groups (broad SMARTS) is 1. The fourth-order valence-corrected chi connectivity index (χ4v) is 1.49. The number of nitrogens with two attached hydrogens (primary N) is 1. The van der Waals surface area contributed by atoms with Crippen molar-refractivity contribution < 1.29 is 14.7 Å². The van der Waals surface area contributed by atoms with E-state index >= 15 is 0 Å². The minimum atomic E-state index is -1.05. The van der Waals surface area contributed by atoms with Crippen molar-refractivity contribution in [1.82, 2.24) is 14.8 Å². The van der Waals surface area contributed by atoms with E-state index in [0.29, 0.717) is 11.4 Å². The second-order valence-electron chi connectivity index (χ2n) is 3.71. The summed E-state index contributed by atoms with van der Waals surface area (Å²) in [6.45, 7) is 1.71. The van der Waals surface area contributed by atoms with Crippen LogP contribution in [0.2, 0.25) is 0 Å². The highest BCUT2D eigenvalue weighted by Gasteiger charge is 2.11. The topological polar surface area (TPSA) is 111 Å². The number of pyridine rings is 1. The van der Waals surface area contributed by atoms with E-state index in [9.17, 15) is 9.59 Å². The molecule has 0 saturated carbocycles. The molecule has 0 aliphatic heterocycles. The molecular formula is C11H10N4O3. The molecule has 7 nitrogen and oxygen atoms in total. The number of hydrogen-bond acceptors (Lipinski definition) is 4. The highest BCUT2D eigenvalue weighted by atomic mass is 16.4. The zero-order chi connectivity index (χ0) is 13.3. The lowest BCUT2D eigenvalue weighted by Gasteiger charge is -2.05. The number of primary amides is 1. The van der Waals surface area contributed by atoms with E-state index in [4.69, 9.17) is 10.8 Å². The first-order valence-electron chi connectivity index (χ1n) is 5.04. The normalized spacial score (nSPS) is 10.3. The van der Waals surface area contributed by atoms with Gasteiger partial charge in [-0.05, 0) is 18.6 Å². The van der Waals surface area contributed by atoms with E-state index in [1.54, 1.807) is 6.92 Å². The molecule has 0 radical (unpaired) electrons. The average Bonchev–Trinajstić information content (AvgIpc) is 2.78. The summed E-state index contributed by atoms with van der Waals surface area (Å²) in [6, 6.07) is 1.48. The van der Waals surface area contributed by atoms with Crippen LogP contribution in [0.15, 0.2) is 24.7 Å². The Bertz CT molecular complexity index is 633. The minimum absolute atomic E-state index is 0.0959. The summed E-state index contributed by atoms with van der Waals surface area (Å²) in [5.74, 6) is -1.18. The molecule has 2 aromatic rings. The Morgan fingerprint density at radius 3 is 2.56 bits per heavy atom. The van der Waals surface area contributed by atoms with Crippen LogP contribution in [0.3, 0.4) is 0 Å². The van der Waals surface area contributed by atoms with Crippen molar-refractivity contribution in [3.8, 4) is 5.82 Å². The van der Waals surface area contributed by atoms with Gasteiger partial charge in [-0.1, -0.05) is 0 Å². The summed E-state index contributed by atoms with van der Waals surface area (Å²) in [4.78, 5) is 25.7. The third-order valence-electron chi connectivity index (χ3n) is 2.38. The van der Waals surface area contributed by atoms with Crippen LogP contribution in [0, 0.1) is 6.92 Å². The third kappa shape index (κ3) is 2.05. The number of rotatable bonds is 3. The van der Waals surface area contributed by atoms with Crippen molar-refractivity contribution in [1.29, 1.82) is 0 Å². The first kappa shape index (κ1) is 11.8. The maximum absolute atomic E-state index is 10.9. The molecule has 18 heavy (non-hydrogen) atoms. The van der Waals surface area contributed by atoms with Gasteiger partial charge in [0.05, 0.1) is 17.3 Å². The van der Waals surface area contributed by atoms with Crippen LogP contribution in [-0.2, 0) is 0 Å². The molecule has 0 aliphatic rings. The van der Waals surface area contributed by atoms with Crippen molar-refractivity contribution >= 4 is 11.9 Å². The number of carbonyl (C=O) groups is 2. The quantitative estimate of drug-likeness (QED) is 0.812. The lowest BCUT2D eigenvalue weighted by atomic mass is 10.2. The summed E-state index contributed by atoms with van der Waals surface area (Å²) < 4.78 is 1.38. The lowest BCUT2D eigenvalue weighted by Crippen LogP contribution is -2.10. The molecule has 3 N–H and O–H groups in total. The maximum Gasteiger partial charge on any atom is 0.337 e. The number of nitrogens with zero attached hydrogens (tertiary/aromatic N) is 3. The molecular weight excluding hydrogens is 236 g/mol. The largest absolute Gasteiger partial charge is 0.478 e. The Morgan fingerprint density at radius 2 is 2.06 bits per heavy atom. The molecule has 92 valence electrons. The van der Waals surface area contributed by atoms with E-state index < -0.39 is 11.9 Å². The molecule has 1 amide bonds. The number of hydrogen-bond donors (Lipinski definition) is 2. The Hall–Kier alpha value is -2.70. The molecule has 2 heterocycles. The van der Waals surface area contributed by atoms with E-state index in [1.165, 1.54) is 29.3 Å². The fourth-order valence-electron chi connectivity index (χ4n) is 1.49. The van der Waals surface area contributed by atoms with Gasteiger partial charge in [-0.25, -0.2) is 14.5 Å². The van der Waals surface area contributed by atoms with Crippen molar-refractivity contribution in [3.63, 3.8) is 0 Å². The Kier molecular flexibility index (Phi) is 2.80. The molecule has 0 bridgehead atoms. The lowest BCUT2D eigenvalue weighted by molar-refractivity contribution is 0.0696. The summed E-state index contributed by atoms with van der Waals surface area (Å²) in [7, 11) is 0. The van der Waals surface area contributed by atoms with Gasteiger partial charge in [0.2, 0.25) is 0 Å². The van der Waals surface area contributed by atoms with Gasteiger partial charge in [0, 0.05) is 12.4 Å². The molecule has 0 atom stereocenters. The molecule has 0 aromatic carbocycles. The van der Waals surface area contributed by atoms with E-state index in [1.807, 2.05) is 0 Å². The smallest absolute Gasteiger partial charge is 0.337 e. The number of aromatic carboxylic acids is 1. The summed E-state index contributed by atoms with van der Waals surface area (Å²) in [5.41, 5.74) is 6.11. The number of carbonyl (C=O) groups excluding carboxylic acids is 1. The Balaban J connectivity index is 2.44. The molecule has 0 saturated heterocycles. The minimum Gasteiger partial charge on any atom is -0.478 e. The van der Waals surface area contributed by atoms with Crippen LogP contribution in [-0.4, -0.2) is 31.7 Å². The molecule has 0 fully saturated rings. The first-order valence-corrected chi connectivity index (χ1v) is 5.04. The fraction of sp³-hybridized carbons (Fsp3) is 0.0909. The highest BCUT2D eigenvalue weighted by molar-refractivity contribution is 5.92. The monoisotopic (exact) mass is 246 g/mol. The van der Waals surface area contributed by atoms with Crippen LogP contribution in [0.4, 0.5) is 0 Å². The van der Waals surface area contributed by atoms with Gasteiger partial charge in [-0.3, -0.25) is 4.79 Å². The zero-order valence-electron chi connectivity index (χ0n) is 9.49. The van der Waals surface area contributed by atoms with Crippen molar-refractivity contribution in [2.45, 2.75) is 6.92 Å². The van der Waals surface area contributed by atoms with Gasteiger partial charge in [-0.2, -0.15) is 5.10 Å². The first-order chi connectivity index (χ1) is 8.49. The third-order valence-corrected chi connectivity index (χ3v) is 2.38. The molecule has 7 heteroatoms.